The van der Waals surface area contributed by atoms with Crippen molar-refractivity contribution in [1.82, 2.24) is 4.98 Å². The highest BCUT2D eigenvalue weighted by molar-refractivity contribution is 9.11. The molecule has 1 heterocycles. The van der Waals surface area contributed by atoms with E-state index in [1.54, 1.807) is 6.20 Å². The summed E-state index contributed by atoms with van der Waals surface area (Å²) in [7, 11) is 0. The van der Waals surface area contributed by atoms with Gasteiger partial charge < -0.3 is 4.42 Å². The fraction of sp³-hybridized carbons (Fsp3) is 0.300. The molecule has 0 spiro atoms. The van der Waals surface area contributed by atoms with Crippen molar-refractivity contribution in [3.8, 4) is 11.3 Å². The maximum atomic E-state index is 6.06. The van der Waals surface area contributed by atoms with Crippen molar-refractivity contribution in [2.45, 2.75) is 40.0 Å². The quantitative estimate of drug-likeness (QED) is 0.593. The molecule has 1 aliphatic rings. The Labute approximate surface area is 151 Å². The van der Waals surface area contributed by atoms with Crippen LogP contribution in [0.4, 0.5) is 0 Å². The van der Waals surface area contributed by atoms with Crippen molar-refractivity contribution in [3.63, 3.8) is 0 Å². The maximum Gasteiger partial charge on any atom is 0.203 e. The zero-order chi connectivity index (χ0) is 17.3. The summed E-state index contributed by atoms with van der Waals surface area (Å²) in [5, 5.41) is 0. The highest BCUT2D eigenvalue weighted by atomic mass is 79.9. The van der Waals surface area contributed by atoms with Crippen LogP contribution < -0.4 is 0 Å². The van der Waals surface area contributed by atoms with E-state index < -0.39 is 0 Å². The first kappa shape index (κ1) is 16.9. The SMILES string of the molecule is CC(C)=NC1=C(C)C=C(Br)C(c2ncc(-c3ccc(C)cc3)o2)C1. The van der Waals surface area contributed by atoms with Gasteiger partial charge in [0.2, 0.25) is 5.89 Å². The number of benzene rings is 1. The lowest BCUT2D eigenvalue weighted by atomic mass is 9.94. The summed E-state index contributed by atoms with van der Waals surface area (Å²) in [4.78, 5) is 9.18. The van der Waals surface area contributed by atoms with Crippen LogP contribution in [0.1, 0.15) is 44.6 Å². The van der Waals surface area contributed by atoms with Gasteiger partial charge in [-0.05, 0) is 39.3 Å². The molecule has 0 saturated carbocycles. The highest BCUT2D eigenvalue weighted by Crippen LogP contribution is 2.40. The topological polar surface area (TPSA) is 38.4 Å². The Morgan fingerprint density at radius 1 is 1.21 bits per heavy atom. The number of aromatic nitrogens is 1. The minimum Gasteiger partial charge on any atom is -0.440 e. The van der Waals surface area contributed by atoms with E-state index in [0.29, 0.717) is 0 Å². The number of allylic oxidation sites excluding steroid dienone is 4. The standard InChI is InChI=1S/C20H21BrN2O/c1-12(2)23-18-10-16(17(21)9-14(18)4)20-22-11-19(24-20)15-7-5-13(3)6-8-15/h5-9,11,16H,10H2,1-4H3. The lowest BCUT2D eigenvalue weighted by molar-refractivity contribution is 0.478. The summed E-state index contributed by atoms with van der Waals surface area (Å²) >= 11 is 3.68. The number of aliphatic imine (C=N–C) groups is 1. The van der Waals surface area contributed by atoms with Gasteiger partial charge in [-0.3, -0.25) is 4.99 Å². The zero-order valence-electron chi connectivity index (χ0n) is 14.4. The monoisotopic (exact) mass is 384 g/mol. The Morgan fingerprint density at radius 3 is 2.58 bits per heavy atom. The molecule has 1 aromatic carbocycles. The Balaban J connectivity index is 1.89. The molecule has 1 unspecified atom stereocenters. The van der Waals surface area contributed by atoms with E-state index in [2.05, 4.69) is 70.1 Å². The van der Waals surface area contributed by atoms with Crippen molar-refractivity contribution in [2.75, 3.05) is 0 Å². The summed E-state index contributed by atoms with van der Waals surface area (Å²) in [6, 6.07) is 8.28. The third-order valence-corrected chi connectivity index (χ3v) is 4.84. The van der Waals surface area contributed by atoms with Crippen molar-refractivity contribution in [1.29, 1.82) is 0 Å². The molecule has 3 nitrogen and oxygen atoms in total. The zero-order valence-corrected chi connectivity index (χ0v) is 16.0. The number of hydrogen-bond donors (Lipinski definition) is 0. The van der Waals surface area contributed by atoms with E-state index in [1.165, 1.54) is 11.1 Å². The van der Waals surface area contributed by atoms with E-state index in [4.69, 9.17) is 4.42 Å². The number of aryl methyl sites for hydroxylation is 1. The van der Waals surface area contributed by atoms with Gasteiger partial charge in [-0.25, -0.2) is 4.98 Å². The van der Waals surface area contributed by atoms with Crippen LogP contribution in [0, 0.1) is 6.92 Å². The van der Waals surface area contributed by atoms with Crippen molar-refractivity contribution in [2.24, 2.45) is 4.99 Å². The molecule has 24 heavy (non-hydrogen) atoms. The Morgan fingerprint density at radius 2 is 1.92 bits per heavy atom. The van der Waals surface area contributed by atoms with Crippen molar-refractivity contribution in [3.05, 3.63) is 63.7 Å². The summed E-state index contributed by atoms with van der Waals surface area (Å²) in [5.41, 5.74) is 5.62. The predicted octanol–water partition coefficient (Wildman–Crippen LogP) is 6.17. The molecule has 0 N–H and O–H groups in total. The van der Waals surface area contributed by atoms with Crippen LogP contribution in [0.2, 0.25) is 0 Å². The molecule has 1 atom stereocenters. The molecule has 1 aromatic heterocycles. The molecule has 2 aromatic rings. The van der Waals surface area contributed by atoms with E-state index in [-0.39, 0.29) is 5.92 Å². The van der Waals surface area contributed by atoms with Crippen LogP contribution >= 0.6 is 15.9 Å². The minimum atomic E-state index is 0.0750. The largest absolute Gasteiger partial charge is 0.440 e. The molecule has 0 saturated heterocycles. The number of rotatable bonds is 3. The van der Waals surface area contributed by atoms with Gasteiger partial charge in [-0.15, -0.1) is 0 Å². The van der Waals surface area contributed by atoms with E-state index in [0.717, 1.165) is 39.5 Å². The van der Waals surface area contributed by atoms with Gasteiger partial charge in [0.25, 0.3) is 0 Å². The molecule has 0 aliphatic heterocycles. The van der Waals surface area contributed by atoms with Gasteiger partial charge in [-0.2, -0.15) is 0 Å². The van der Waals surface area contributed by atoms with Crippen molar-refractivity contribution >= 4 is 21.6 Å². The van der Waals surface area contributed by atoms with Crippen LogP contribution in [-0.2, 0) is 0 Å². The molecule has 0 radical (unpaired) electrons. The second-order valence-electron chi connectivity index (χ2n) is 6.40. The summed E-state index contributed by atoms with van der Waals surface area (Å²) in [5.74, 6) is 1.60. The predicted molar refractivity (Wildman–Crippen MR) is 103 cm³/mol. The van der Waals surface area contributed by atoms with Gasteiger partial charge in [0, 0.05) is 27.9 Å². The summed E-state index contributed by atoms with van der Waals surface area (Å²) in [6.07, 6.45) is 4.72. The van der Waals surface area contributed by atoms with Gasteiger partial charge >= 0.3 is 0 Å². The number of halogens is 1. The van der Waals surface area contributed by atoms with Crippen molar-refractivity contribution < 1.29 is 4.42 Å². The molecule has 3 rings (SSSR count). The fourth-order valence-corrected chi connectivity index (χ4v) is 3.45. The molecule has 1 aliphatic carbocycles. The third kappa shape index (κ3) is 3.59. The molecule has 4 heteroatoms. The van der Waals surface area contributed by atoms with Gasteiger partial charge in [-0.1, -0.05) is 45.8 Å². The Kier molecular flexibility index (Phi) is 4.86. The highest BCUT2D eigenvalue weighted by Gasteiger charge is 2.26. The summed E-state index contributed by atoms with van der Waals surface area (Å²) in [6.45, 7) is 8.20. The van der Waals surface area contributed by atoms with E-state index in [9.17, 15) is 0 Å². The van der Waals surface area contributed by atoms with Gasteiger partial charge in [0.05, 0.1) is 12.1 Å². The van der Waals surface area contributed by atoms with Crippen LogP contribution in [0.15, 0.2) is 61.7 Å². The van der Waals surface area contributed by atoms with Gasteiger partial charge in [0.15, 0.2) is 5.76 Å². The first-order valence-electron chi connectivity index (χ1n) is 8.05. The molecule has 0 fully saturated rings. The van der Waals surface area contributed by atoms with Gasteiger partial charge in [0.1, 0.15) is 0 Å². The average molecular weight is 385 g/mol. The molecule has 0 bridgehead atoms. The number of oxazole rings is 1. The molecule has 124 valence electrons. The second kappa shape index (κ2) is 6.89. The molecular weight excluding hydrogens is 364 g/mol. The fourth-order valence-electron chi connectivity index (χ4n) is 2.75. The lowest BCUT2D eigenvalue weighted by Gasteiger charge is -2.20. The van der Waals surface area contributed by atoms with Crippen LogP contribution in [-0.4, -0.2) is 10.7 Å². The smallest absolute Gasteiger partial charge is 0.203 e. The second-order valence-corrected chi connectivity index (χ2v) is 7.32. The third-order valence-electron chi connectivity index (χ3n) is 4.06. The van der Waals surface area contributed by atoms with E-state index in [1.807, 2.05) is 13.8 Å². The molecular formula is C20H21BrN2O. The number of nitrogens with zero attached hydrogens (tertiary/aromatic N) is 2. The van der Waals surface area contributed by atoms with Crippen LogP contribution in [0.25, 0.3) is 11.3 Å². The Bertz CT molecular complexity index is 837. The minimum absolute atomic E-state index is 0.0750. The van der Waals surface area contributed by atoms with Crippen LogP contribution in [0.3, 0.4) is 0 Å². The average Bonchev–Trinajstić information content (AvgIpc) is 3.00. The summed E-state index contributed by atoms with van der Waals surface area (Å²) < 4.78 is 7.14. The molecule has 0 amide bonds. The van der Waals surface area contributed by atoms with Crippen LogP contribution in [0.5, 0.6) is 0 Å². The Hall–Kier alpha value is -1.94. The normalized spacial score (nSPS) is 17.7. The number of hydrogen-bond acceptors (Lipinski definition) is 3. The maximum absolute atomic E-state index is 6.06. The first-order chi connectivity index (χ1) is 11.4. The lowest BCUT2D eigenvalue weighted by Crippen LogP contribution is -2.07. The van der Waals surface area contributed by atoms with E-state index >= 15 is 0 Å². The first-order valence-corrected chi connectivity index (χ1v) is 8.85.